The lowest BCUT2D eigenvalue weighted by molar-refractivity contribution is 0.770. The number of thiophene rings is 1. The van der Waals surface area contributed by atoms with Gasteiger partial charge in [0.15, 0.2) is 0 Å². The normalized spacial score (nSPS) is 10.8. The van der Waals surface area contributed by atoms with Gasteiger partial charge in [-0.2, -0.15) is 0 Å². The SMILES string of the molecule is C=CCn1c(NCCN)nc2sc(CC)cc2c1=O. The number of hydrogen-bond donors (Lipinski definition) is 2. The predicted molar refractivity (Wildman–Crippen MR) is 81.0 cm³/mol. The van der Waals surface area contributed by atoms with Crippen molar-refractivity contribution in [2.45, 2.75) is 19.9 Å². The number of rotatable bonds is 6. The Morgan fingerprint density at radius 3 is 3.05 bits per heavy atom. The second-order valence-electron chi connectivity index (χ2n) is 4.14. The first kappa shape index (κ1) is 13.8. The van der Waals surface area contributed by atoms with Gasteiger partial charge in [-0.1, -0.05) is 13.0 Å². The Hall–Kier alpha value is -1.66. The van der Waals surface area contributed by atoms with Crippen molar-refractivity contribution in [3.8, 4) is 0 Å². The van der Waals surface area contributed by atoms with Gasteiger partial charge in [0.05, 0.1) is 5.39 Å². The molecular weight excluding hydrogens is 260 g/mol. The molecule has 0 aliphatic carbocycles. The molecule has 0 aliphatic rings. The summed E-state index contributed by atoms with van der Waals surface area (Å²) in [6.07, 6.45) is 2.60. The van der Waals surface area contributed by atoms with E-state index in [1.807, 2.05) is 6.07 Å². The summed E-state index contributed by atoms with van der Waals surface area (Å²) in [5.41, 5.74) is 5.45. The molecule has 3 N–H and O–H groups in total. The summed E-state index contributed by atoms with van der Waals surface area (Å²) in [6, 6.07) is 1.93. The Bertz CT molecular complexity index is 644. The van der Waals surface area contributed by atoms with Gasteiger partial charge in [-0.25, -0.2) is 4.98 Å². The minimum Gasteiger partial charge on any atom is -0.354 e. The predicted octanol–water partition coefficient (Wildman–Crippen LogP) is 1.58. The van der Waals surface area contributed by atoms with E-state index in [0.29, 0.717) is 31.0 Å². The van der Waals surface area contributed by atoms with E-state index < -0.39 is 0 Å². The Kier molecular flexibility index (Phi) is 4.34. The first-order valence-electron chi connectivity index (χ1n) is 6.29. The van der Waals surface area contributed by atoms with Crippen molar-refractivity contribution in [2.75, 3.05) is 18.4 Å². The molecule has 0 saturated carbocycles. The van der Waals surface area contributed by atoms with Gasteiger partial charge in [0, 0.05) is 24.5 Å². The highest BCUT2D eigenvalue weighted by atomic mass is 32.1. The summed E-state index contributed by atoms with van der Waals surface area (Å²) in [5.74, 6) is 0.562. The van der Waals surface area contributed by atoms with Crippen LogP contribution in [-0.2, 0) is 13.0 Å². The van der Waals surface area contributed by atoms with E-state index in [4.69, 9.17) is 5.73 Å². The Labute approximate surface area is 115 Å². The third kappa shape index (κ3) is 2.69. The maximum absolute atomic E-state index is 12.4. The number of fused-ring (bicyclic) bond motifs is 1. The van der Waals surface area contributed by atoms with E-state index in [2.05, 4.69) is 23.8 Å². The Balaban J connectivity index is 2.60. The summed E-state index contributed by atoms with van der Waals surface area (Å²) in [5, 5.41) is 3.78. The molecule has 0 unspecified atom stereocenters. The number of nitrogens with zero attached hydrogens (tertiary/aromatic N) is 2. The third-order valence-corrected chi connectivity index (χ3v) is 3.96. The largest absolute Gasteiger partial charge is 0.354 e. The van der Waals surface area contributed by atoms with Crippen LogP contribution in [0.2, 0.25) is 0 Å². The molecule has 19 heavy (non-hydrogen) atoms. The molecule has 0 fully saturated rings. The molecule has 2 heterocycles. The van der Waals surface area contributed by atoms with Crippen LogP contribution < -0.4 is 16.6 Å². The molecule has 0 spiro atoms. The standard InChI is InChI=1S/C13H18N4OS/c1-3-7-17-12(18)10-8-9(4-2)19-11(10)16-13(17)15-6-5-14/h3,8H,1,4-7,14H2,2H3,(H,15,16). The second kappa shape index (κ2) is 5.99. The highest BCUT2D eigenvalue weighted by molar-refractivity contribution is 7.18. The minimum atomic E-state index is -0.0274. The summed E-state index contributed by atoms with van der Waals surface area (Å²) < 4.78 is 1.59. The van der Waals surface area contributed by atoms with Crippen LogP contribution in [0, 0.1) is 0 Å². The maximum atomic E-state index is 12.4. The summed E-state index contributed by atoms with van der Waals surface area (Å²) in [6.45, 7) is 7.27. The fourth-order valence-corrected chi connectivity index (χ4v) is 2.82. The van der Waals surface area contributed by atoms with E-state index >= 15 is 0 Å². The molecule has 0 bridgehead atoms. The molecule has 5 nitrogen and oxygen atoms in total. The summed E-state index contributed by atoms with van der Waals surface area (Å²) in [4.78, 5) is 18.9. The van der Waals surface area contributed by atoms with E-state index in [-0.39, 0.29) is 5.56 Å². The lowest BCUT2D eigenvalue weighted by Gasteiger charge is -2.11. The highest BCUT2D eigenvalue weighted by Crippen LogP contribution is 2.23. The number of aryl methyl sites for hydroxylation is 1. The molecule has 2 aromatic rings. The van der Waals surface area contributed by atoms with Gasteiger partial charge in [-0.05, 0) is 12.5 Å². The van der Waals surface area contributed by atoms with Gasteiger partial charge < -0.3 is 11.1 Å². The molecule has 0 amide bonds. The van der Waals surface area contributed by atoms with E-state index in [0.717, 1.165) is 11.3 Å². The Morgan fingerprint density at radius 1 is 1.63 bits per heavy atom. The average molecular weight is 278 g/mol. The quantitative estimate of drug-likeness (QED) is 0.787. The number of allylic oxidation sites excluding steroid dienone is 1. The van der Waals surface area contributed by atoms with Gasteiger partial charge in [-0.3, -0.25) is 9.36 Å². The number of hydrogen-bond acceptors (Lipinski definition) is 5. The zero-order valence-corrected chi connectivity index (χ0v) is 11.8. The minimum absolute atomic E-state index is 0.0274. The lowest BCUT2D eigenvalue weighted by atomic mass is 10.3. The van der Waals surface area contributed by atoms with Crippen molar-refractivity contribution in [3.05, 3.63) is 34.0 Å². The molecule has 2 rings (SSSR count). The van der Waals surface area contributed by atoms with Crippen LogP contribution in [0.5, 0.6) is 0 Å². The van der Waals surface area contributed by atoms with Gasteiger partial charge in [0.25, 0.3) is 5.56 Å². The number of nitrogens with two attached hydrogens (primary N) is 1. The molecule has 2 aromatic heterocycles. The third-order valence-electron chi connectivity index (χ3n) is 2.79. The fraction of sp³-hybridized carbons (Fsp3) is 0.385. The second-order valence-corrected chi connectivity index (χ2v) is 5.26. The van der Waals surface area contributed by atoms with Crippen molar-refractivity contribution in [3.63, 3.8) is 0 Å². The maximum Gasteiger partial charge on any atom is 0.263 e. The van der Waals surface area contributed by atoms with E-state index in [1.54, 1.807) is 22.0 Å². The molecule has 102 valence electrons. The zero-order chi connectivity index (χ0) is 13.8. The van der Waals surface area contributed by atoms with Gasteiger partial charge in [-0.15, -0.1) is 17.9 Å². The monoisotopic (exact) mass is 278 g/mol. The number of aromatic nitrogens is 2. The molecule has 6 heteroatoms. The summed E-state index contributed by atoms with van der Waals surface area (Å²) >= 11 is 1.56. The average Bonchev–Trinajstić information content (AvgIpc) is 2.83. The van der Waals surface area contributed by atoms with E-state index in [9.17, 15) is 4.79 Å². The molecular formula is C13H18N4OS. The van der Waals surface area contributed by atoms with Crippen LogP contribution in [-0.4, -0.2) is 22.6 Å². The van der Waals surface area contributed by atoms with Crippen molar-refractivity contribution in [1.82, 2.24) is 9.55 Å². The van der Waals surface area contributed by atoms with Crippen LogP contribution in [0.1, 0.15) is 11.8 Å². The van der Waals surface area contributed by atoms with Crippen LogP contribution in [0.15, 0.2) is 23.5 Å². The fourth-order valence-electron chi connectivity index (χ4n) is 1.86. The van der Waals surface area contributed by atoms with Crippen LogP contribution >= 0.6 is 11.3 Å². The molecule has 0 radical (unpaired) electrons. The van der Waals surface area contributed by atoms with Crippen molar-refractivity contribution in [2.24, 2.45) is 5.73 Å². The first-order chi connectivity index (χ1) is 9.21. The topological polar surface area (TPSA) is 72.9 Å². The zero-order valence-electron chi connectivity index (χ0n) is 11.0. The molecule has 0 atom stereocenters. The molecule has 0 aliphatic heterocycles. The molecule has 0 saturated heterocycles. The van der Waals surface area contributed by atoms with Crippen molar-refractivity contribution in [1.29, 1.82) is 0 Å². The van der Waals surface area contributed by atoms with Crippen molar-refractivity contribution >= 4 is 27.5 Å². The van der Waals surface area contributed by atoms with Crippen LogP contribution in [0.4, 0.5) is 5.95 Å². The number of nitrogens with one attached hydrogen (secondary N) is 1. The Morgan fingerprint density at radius 2 is 2.42 bits per heavy atom. The van der Waals surface area contributed by atoms with Gasteiger partial charge in [0.1, 0.15) is 4.83 Å². The lowest BCUT2D eigenvalue weighted by Crippen LogP contribution is -2.26. The molecule has 0 aromatic carbocycles. The van der Waals surface area contributed by atoms with Crippen LogP contribution in [0.25, 0.3) is 10.2 Å². The smallest absolute Gasteiger partial charge is 0.263 e. The van der Waals surface area contributed by atoms with Crippen molar-refractivity contribution < 1.29 is 0 Å². The highest BCUT2D eigenvalue weighted by Gasteiger charge is 2.12. The first-order valence-corrected chi connectivity index (χ1v) is 7.11. The van der Waals surface area contributed by atoms with Gasteiger partial charge >= 0.3 is 0 Å². The van der Waals surface area contributed by atoms with E-state index in [1.165, 1.54) is 4.88 Å². The van der Waals surface area contributed by atoms with Gasteiger partial charge in [0.2, 0.25) is 5.95 Å². The van der Waals surface area contributed by atoms with Crippen LogP contribution in [0.3, 0.4) is 0 Å². The summed E-state index contributed by atoms with van der Waals surface area (Å²) in [7, 11) is 0. The number of anilines is 1.